The zero-order chi connectivity index (χ0) is 23.4. The van der Waals surface area contributed by atoms with Crippen LogP contribution >= 0.6 is 15.9 Å². The topological polar surface area (TPSA) is 108 Å². The van der Waals surface area contributed by atoms with Crippen LogP contribution in [0.15, 0.2) is 71.5 Å². The summed E-state index contributed by atoms with van der Waals surface area (Å²) in [5.41, 5.74) is 2.21. The van der Waals surface area contributed by atoms with Crippen molar-refractivity contribution in [2.45, 2.75) is 12.8 Å². The lowest BCUT2D eigenvalue weighted by Gasteiger charge is -2.13. The Kier molecular flexibility index (Phi) is 6.60. The molecule has 0 radical (unpaired) electrons. The van der Waals surface area contributed by atoms with Gasteiger partial charge in [0.2, 0.25) is 5.91 Å². The predicted molar refractivity (Wildman–Crippen MR) is 126 cm³/mol. The molecule has 1 aliphatic heterocycles. The van der Waals surface area contributed by atoms with Gasteiger partial charge in [0.15, 0.2) is 0 Å². The van der Waals surface area contributed by atoms with Crippen molar-refractivity contribution in [2.24, 2.45) is 0 Å². The molecule has 4 amide bonds. The van der Waals surface area contributed by atoms with Crippen LogP contribution < -0.4 is 10.6 Å². The van der Waals surface area contributed by atoms with Crippen molar-refractivity contribution in [2.75, 3.05) is 17.2 Å². The van der Waals surface area contributed by atoms with Gasteiger partial charge >= 0.3 is 0 Å². The molecular formula is C24H19BrN4O4. The average Bonchev–Trinajstić information content (AvgIpc) is 3.04. The summed E-state index contributed by atoms with van der Waals surface area (Å²) < 4.78 is 0.725. The van der Waals surface area contributed by atoms with Crippen LogP contribution in [-0.2, 0) is 4.79 Å². The first-order valence-corrected chi connectivity index (χ1v) is 11.0. The van der Waals surface area contributed by atoms with E-state index in [9.17, 15) is 19.2 Å². The van der Waals surface area contributed by atoms with Gasteiger partial charge in [0, 0.05) is 41.2 Å². The molecule has 2 heterocycles. The Hall–Kier alpha value is -3.85. The lowest BCUT2D eigenvalue weighted by atomic mass is 10.1. The summed E-state index contributed by atoms with van der Waals surface area (Å²) in [4.78, 5) is 54.7. The number of carbonyl (C=O) groups excluding carboxylic acids is 4. The molecule has 0 aliphatic carbocycles. The van der Waals surface area contributed by atoms with Gasteiger partial charge in [-0.25, -0.2) is 0 Å². The third kappa shape index (κ3) is 5.15. The minimum absolute atomic E-state index is 0.128. The summed E-state index contributed by atoms with van der Waals surface area (Å²) in [6.45, 7) is 0.151. The molecule has 0 saturated heterocycles. The first kappa shape index (κ1) is 22.3. The fourth-order valence-electron chi connectivity index (χ4n) is 3.46. The summed E-state index contributed by atoms with van der Waals surface area (Å²) in [7, 11) is 0. The normalized spacial score (nSPS) is 12.5. The van der Waals surface area contributed by atoms with Gasteiger partial charge in [-0.3, -0.25) is 29.1 Å². The van der Waals surface area contributed by atoms with Gasteiger partial charge in [-0.15, -0.1) is 0 Å². The molecule has 0 unspecified atom stereocenters. The molecule has 0 saturated carbocycles. The number of aromatic nitrogens is 1. The van der Waals surface area contributed by atoms with Crippen molar-refractivity contribution in [3.8, 4) is 0 Å². The number of imide groups is 1. The minimum atomic E-state index is -0.353. The molecule has 0 atom stereocenters. The van der Waals surface area contributed by atoms with Crippen LogP contribution in [0.3, 0.4) is 0 Å². The molecule has 0 fully saturated rings. The number of pyridine rings is 1. The molecule has 0 bridgehead atoms. The minimum Gasteiger partial charge on any atom is -0.326 e. The summed E-state index contributed by atoms with van der Waals surface area (Å²) in [5, 5.41) is 5.53. The first-order valence-electron chi connectivity index (χ1n) is 10.2. The number of halogens is 1. The van der Waals surface area contributed by atoms with Crippen LogP contribution in [0.1, 0.15) is 43.9 Å². The highest BCUT2D eigenvalue weighted by molar-refractivity contribution is 9.10. The molecule has 8 nitrogen and oxygen atoms in total. The van der Waals surface area contributed by atoms with E-state index >= 15 is 0 Å². The lowest BCUT2D eigenvalue weighted by molar-refractivity contribution is -0.116. The fourth-order valence-corrected chi connectivity index (χ4v) is 3.82. The number of fused-ring (bicyclic) bond motifs is 1. The molecule has 1 aliphatic rings. The van der Waals surface area contributed by atoms with Crippen molar-refractivity contribution in [3.63, 3.8) is 0 Å². The first-order chi connectivity index (χ1) is 15.9. The highest BCUT2D eigenvalue weighted by Crippen LogP contribution is 2.26. The standard InChI is InChI=1S/C24H19BrN4O4/c25-16-8-9-19-20(12-16)24(33)29(23(19)32)11-3-7-21(30)27-17-5-1-6-18(13-17)28-22(31)15-4-2-10-26-14-15/h1-2,4-6,8-10,12-14H,3,7,11H2,(H,27,30)(H,28,31). The van der Waals surface area contributed by atoms with E-state index in [0.717, 1.165) is 4.47 Å². The maximum Gasteiger partial charge on any atom is 0.261 e. The van der Waals surface area contributed by atoms with Crippen LogP contribution in [0.4, 0.5) is 11.4 Å². The lowest BCUT2D eigenvalue weighted by Crippen LogP contribution is -2.31. The maximum absolute atomic E-state index is 12.5. The van der Waals surface area contributed by atoms with Crippen molar-refractivity contribution >= 4 is 50.9 Å². The third-order valence-electron chi connectivity index (χ3n) is 5.05. The van der Waals surface area contributed by atoms with E-state index in [1.807, 2.05) is 0 Å². The zero-order valence-electron chi connectivity index (χ0n) is 17.4. The Morgan fingerprint density at radius 3 is 2.42 bits per heavy atom. The van der Waals surface area contributed by atoms with Gasteiger partial charge in [0.05, 0.1) is 16.7 Å². The van der Waals surface area contributed by atoms with E-state index in [1.54, 1.807) is 60.8 Å². The second kappa shape index (κ2) is 9.74. The second-order valence-electron chi connectivity index (χ2n) is 7.38. The third-order valence-corrected chi connectivity index (χ3v) is 5.54. The highest BCUT2D eigenvalue weighted by atomic mass is 79.9. The van der Waals surface area contributed by atoms with Crippen LogP contribution in [0.25, 0.3) is 0 Å². The Balaban J connectivity index is 1.29. The average molecular weight is 507 g/mol. The summed E-state index contributed by atoms with van der Waals surface area (Å²) >= 11 is 3.30. The van der Waals surface area contributed by atoms with E-state index in [0.29, 0.717) is 34.5 Å². The largest absolute Gasteiger partial charge is 0.326 e. The Bertz CT molecular complexity index is 1250. The van der Waals surface area contributed by atoms with E-state index in [2.05, 4.69) is 31.5 Å². The second-order valence-corrected chi connectivity index (χ2v) is 8.30. The molecule has 9 heteroatoms. The smallest absolute Gasteiger partial charge is 0.261 e. The zero-order valence-corrected chi connectivity index (χ0v) is 19.0. The molecule has 2 aromatic carbocycles. The monoisotopic (exact) mass is 506 g/mol. The number of hydrogen-bond acceptors (Lipinski definition) is 5. The molecule has 2 N–H and O–H groups in total. The van der Waals surface area contributed by atoms with Crippen molar-refractivity contribution in [1.82, 2.24) is 9.88 Å². The number of anilines is 2. The number of hydrogen-bond donors (Lipinski definition) is 2. The van der Waals surface area contributed by atoms with Crippen molar-refractivity contribution in [1.29, 1.82) is 0 Å². The number of nitrogens with one attached hydrogen (secondary N) is 2. The molecular weight excluding hydrogens is 488 g/mol. The highest BCUT2D eigenvalue weighted by Gasteiger charge is 2.35. The van der Waals surface area contributed by atoms with Gasteiger partial charge in [-0.2, -0.15) is 0 Å². The number of carbonyl (C=O) groups is 4. The molecule has 1 aromatic heterocycles. The molecule has 4 rings (SSSR count). The fraction of sp³-hybridized carbons (Fsp3) is 0.125. The number of amides is 4. The number of rotatable bonds is 7. The molecule has 166 valence electrons. The molecule has 33 heavy (non-hydrogen) atoms. The van der Waals surface area contributed by atoms with Gasteiger partial charge < -0.3 is 10.6 Å². The summed E-state index contributed by atoms with van der Waals surface area (Å²) in [5.74, 6) is -1.27. The van der Waals surface area contributed by atoms with E-state index in [4.69, 9.17) is 0 Å². The summed E-state index contributed by atoms with van der Waals surface area (Å²) in [6, 6.07) is 15.1. The van der Waals surface area contributed by atoms with Crippen LogP contribution in [-0.4, -0.2) is 40.1 Å². The van der Waals surface area contributed by atoms with Gasteiger partial charge in [-0.1, -0.05) is 22.0 Å². The Labute approximate surface area is 198 Å². The van der Waals surface area contributed by atoms with E-state index < -0.39 is 0 Å². The maximum atomic E-state index is 12.5. The molecule has 3 aromatic rings. The SMILES string of the molecule is O=C(CCCN1C(=O)c2ccc(Br)cc2C1=O)Nc1cccc(NC(=O)c2cccnc2)c1. The van der Waals surface area contributed by atoms with Crippen LogP contribution in [0.2, 0.25) is 0 Å². The van der Waals surface area contributed by atoms with Crippen LogP contribution in [0, 0.1) is 0 Å². The molecule has 0 spiro atoms. The quantitative estimate of drug-likeness (QED) is 0.468. The summed E-state index contributed by atoms with van der Waals surface area (Å²) in [6.07, 6.45) is 3.51. The predicted octanol–water partition coefficient (Wildman–Crippen LogP) is 4.11. The number of nitrogens with zero attached hydrogens (tertiary/aromatic N) is 2. The van der Waals surface area contributed by atoms with Crippen LogP contribution in [0.5, 0.6) is 0 Å². The Morgan fingerprint density at radius 1 is 0.909 bits per heavy atom. The van der Waals surface area contributed by atoms with Crippen molar-refractivity contribution in [3.05, 3.63) is 88.2 Å². The van der Waals surface area contributed by atoms with Gasteiger partial charge in [0.1, 0.15) is 0 Å². The van der Waals surface area contributed by atoms with Gasteiger partial charge in [0.25, 0.3) is 17.7 Å². The van der Waals surface area contributed by atoms with E-state index in [1.165, 1.54) is 11.1 Å². The number of benzene rings is 2. The van der Waals surface area contributed by atoms with Crippen molar-refractivity contribution < 1.29 is 19.2 Å². The Morgan fingerprint density at radius 2 is 1.67 bits per heavy atom. The van der Waals surface area contributed by atoms with Gasteiger partial charge in [-0.05, 0) is 55.0 Å². The van der Waals surface area contributed by atoms with E-state index in [-0.39, 0.29) is 36.6 Å².